The van der Waals surface area contributed by atoms with E-state index < -0.39 is 5.97 Å². The van der Waals surface area contributed by atoms with Crippen LogP contribution in [-0.4, -0.2) is 60.2 Å². The molecule has 1 fully saturated rings. The van der Waals surface area contributed by atoms with E-state index in [0.29, 0.717) is 41.3 Å². The molecule has 172 valence electrons. The number of methoxy groups -OCH3 is 2. The molecular formula is C24H26N4O5. The largest absolute Gasteiger partial charge is 0.496 e. The van der Waals surface area contributed by atoms with Crippen molar-refractivity contribution in [2.45, 2.75) is 18.9 Å². The molecular weight excluding hydrogens is 424 g/mol. The fourth-order valence-corrected chi connectivity index (χ4v) is 5.27. The molecule has 1 saturated heterocycles. The van der Waals surface area contributed by atoms with Crippen molar-refractivity contribution in [3.63, 3.8) is 0 Å². The zero-order valence-corrected chi connectivity index (χ0v) is 18.6. The number of likely N-dealkylation sites (tertiary alicyclic amines) is 1. The lowest BCUT2D eigenvalue weighted by atomic mass is 9.83. The van der Waals surface area contributed by atoms with Crippen LogP contribution in [0.1, 0.15) is 28.5 Å². The predicted molar refractivity (Wildman–Crippen MR) is 123 cm³/mol. The standard InChI is InChI=1S/C24H26N4O5/c1-32-18-7-3-5-16-21(18)22(23(25-16)24(31)33-2)26-19(29)13-27-10-14-9-15(12-27)17-6-4-8-20(30)28(17)11-14/h3-8,14-15,25H,9-13H2,1-2H3,(H,26,29)/t14-,15+/m0/s1. The summed E-state index contributed by atoms with van der Waals surface area (Å²) >= 11 is 0. The number of ether oxygens (including phenoxy) is 2. The van der Waals surface area contributed by atoms with Gasteiger partial charge >= 0.3 is 5.97 Å². The Bertz CT molecular complexity index is 1290. The number of benzene rings is 1. The van der Waals surface area contributed by atoms with E-state index in [0.717, 1.165) is 18.7 Å². The van der Waals surface area contributed by atoms with Crippen LogP contribution in [-0.2, 0) is 16.1 Å². The van der Waals surface area contributed by atoms with Crippen molar-refractivity contribution < 1.29 is 19.1 Å². The lowest BCUT2D eigenvalue weighted by molar-refractivity contribution is -0.117. The molecule has 2 bridgehead atoms. The van der Waals surface area contributed by atoms with Gasteiger partial charge in [0, 0.05) is 37.3 Å². The average molecular weight is 450 g/mol. The van der Waals surface area contributed by atoms with Gasteiger partial charge in [-0.15, -0.1) is 0 Å². The number of fused-ring (bicyclic) bond motifs is 5. The molecule has 3 aromatic rings. The number of H-pyrrole nitrogens is 1. The zero-order valence-electron chi connectivity index (χ0n) is 18.6. The first-order chi connectivity index (χ1) is 16.0. The van der Waals surface area contributed by atoms with Gasteiger partial charge in [0.15, 0.2) is 0 Å². The summed E-state index contributed by atoms with van der Waals surface area (Å²) in [5, 5.41) is 3.54. The lowest BCUT2D eigenvalue weighted by Crippen LogP contribution is -2.49. The van der Waals surface area contributed by atoms with Crippen molar-refractivity contribution >= 4 is 28.5 Å². The zero-order chi connectivity index (χ0) is 23.1. The summed E-state index contributed by atoms with van der Waals surface area (Å²) in [6.07, 6.45) is 1.02. The van der Waals surface area contributed by atoms with Gasteiger partial charge in [-0.05, 0) is 30.5 Å². The van der Waals surface area contributed by atoms with Crippen molar-refractivity contribution in [3.8, 4) is 5.75 Å². The van der Waals surface area contributed by atoms with Gasteiger partial charge in [-0.25, -0.2) is 4.79 Å². The minimum atomic E-state index is -0.571. The molecule has 0 aliphatic carbocycles. The van der Waals surface area contributed by atoms with E-state index in [1.54, 1.807) is 31.4 Å². The van der Waals surface area contributed by atoms with Gasteiger partial charge in [-0.2, -0.15) is 0 Å². The number of rotatable bonds is 5. The summed E-state index contributed by atoms with van der Waals surface area (Å²) < 4.78 is 12.2. The van der Waals surface area contributed by atoms with Gasteiger partial charge < -0.3 is 24.3 Å². The number of nitrogens with one attached hydrogen (secondary N) is 2. The normalized spacial score (nSPS) is 19.7. The third kappa shape index (κ3) is 3.78. The van der Waals surface area contributed by atoms with Gasteiger partial charge in [-0.1, -0.05) is 12.1 Å². The Morgan fingerprint density at radius 3 is 2.73 bits per heavy atom. The SMILES string of the molecule is COC(=O)c1[nH]c2cccc(OC)c2c1NC(=O)CN1C[C@@H]2C[C@H](C1)c1cccc(=O)n1C2. The van der Waals surface area contributed by atoms with Crippen molar-refractivity contribution in [2.75, 3.05) is 39.2 Å². The summed E-state index contributed by atoms with van der Waals surface area (Å²) in [6, 6.07) is 10.8. The van der Waals surface area contributed by atoms with E-state index in [1.165, 1.54) is 7.11 Å². The monoisotopic (exact) mass is 450 g/mol. The molecule has 5 rings (SSSR count). The van der Waals surface area contributed by atoms with Crippen LogP contribution >= 0.6 is 0 Å². The highest BCUT2D eigenvalue weighted by Gasteiger charge is 2.35. The third-order valence-electron chi connectivity index (χ3n) is 6.58. The van der Waals surface area contributed by atoms with Gasteiger partial charge in [0.2, 0.25) is 5.91 Å². The first-order valence-corrected chi connectivity index (χ1v) is 11.0. The van der Waals surface area contributed by atoms with Crippen LogP contribution in [0.4, 0.5) is 5.69 Å². The molecule has 0 radical (unpaired) electrons. The fourth-order valence-electron chi connectivity index (χ4n) is 5.27. The van der Waals surface area contributed by atoms with Gasteiger partial charge in [-0.3, -0.25) is 14.5 Å². The van der Waals surface area contributed by atoms with Crippen LogP contribution in [0.5, 0.6) is 5.75 Å². The quantitative estimate of drug-likeness (QED) is 0.578. The third-order valence-corrected chi connectivity index (χ3v) is 6.58. The summed E-state index contributed by atoms with van der Waals surface area (Å²) in [7, 11) is 2.84. The minimum Gasteiger partial charge on any atom is -0.496 e. The van der Waals surface area contributed by atoms with Crippen molar-refractivity contribution in [3.05, 3.63) is 58.1 Å². The van der Waals surface area contributed by atoms with Crippen LogP contribution in [0.15, 0.2) is 41.2 Å². The molecule has 1 aromatic carbocycles. The van der Waals surface area contributed by atoms with Crippen LogP contribution in [0, 0.1) is 5.92 Å². The number of hydrogen-bond donors (Lipinski definition) is 2. The summed E-state index contributed by atoms with van der Waals surface area (Å²) in [5.74, 6) is 0.292. The number of carbonyl (C=O) groups excluding carboxylic acids is 2. The molecule has 33 heavy (non-hydrogen) atoms. The molecule has 2 aliphatic heterocycles. The van der Waals surface area contributed by atoms with E-state index in [2.05, 4.69) is 15.2 Å². The lowest BCUT2D eigenvalue weighted by Gasteiger charge is -2.42. The number of anilines is 1. The molecule has 1 amide bonds. The maximum Gasteiger partial charge on any atom is 0.356 e. The molecule has 2 N–H and O–H groups in total. The van der Waals surface area contributed by atoms with E-state index >= 15 is 0 Å². The number of carbonyl (C=O) groups is 2. The molecule has 4 heterocycles. The van der Waals surface area contributed by atoms with Crippen LogP contribution in [0.25, 0.3) is 10.9 Å². The Labute approximate surface area is 190 Å². The number of aromatic amines is 1. The van der Waals surface area contributed by atoms with E-state index in [9.17, 15) is 14.4 Å². The number of piperidine rings is 1. The van der Waals surface area contributed by atoms with E-state index in [-0.39, 0.29) is 29.6 Å². The highest BCUT2D eigenvalue weighted by atomic mass is 16.5. The fraction of sp³-hybridized carbons (Fsp3) is 0.375. The van der Waals surface area contributed by atoms with Gasteiger partial charge in [0.05, 0.1) is 37.4 Å². The highest BCUT2D eigenvalue weighted by molar-refractivity contribution is 6.13. The maximum atomic E-state index is 13.1. The molecule has 0 spiro atoms. The van der Waals surface area contributed by atoms with Crippen LogP contribution in [0.3, 0.4) is 0 Å². The Morgan fingerprint density at radius 2 is 1.94 bits per heavy atom. The Morgan fingerprint density at radius 1 is 1.12 bits per heavy atom. The molecule has 2 aliphatic rings. The number of amides is 1. The maximum absolute atomic E-state index is 13.1. The average Bonchev–Trinajstić information content (AvgIpc) is 3.17. The topological polar surface area (TPSA) is 106 Å². The van der Waals surface area contributed by atoms with Gasteiger partial charge in [0.25, 0.3) is 5.56 Å². The van der Waals surface area contributed by atoms with Gasteiger partial charge in [0.1, 0.15) is 11.4 Å². The van der Waals surface area contributed by atoms with Crippen molar-refractivity contribution in [2.24, 2.45) is 5.92 Å². The smallest absolute Gasteiger partial charge is 0.356 e. The number of nitrogens with zero attached hydrogens (tertiary/aromatic N) is 2. The Hall–Kier alpha value is -3.59. The molecule has 0 saturated carbocycles. The summed E-state index contributed by atoms with van der Waals surface area (Å²) in [6.45, 7) is 2.31. The second kappa shape index (κ2) is 8.40. The molecule has 9 heteroatoms. The second-order valence-corrected chi connectivity index (χ2v) is 8.69. The minimum absolute atomic E-state index is 0.0389. The second-order valence-electron chi connectivity index (χ2n) is 8.69. The molecule has 0 unspecified atom stereocenters. The van der Waals surface area contributed by atoms with E-state index in [4.69, 9.17) is 9.47 Å². The number of esters is 1. The Balaban J connectivity index is 1.38. The number of hydrogen-bond acceptors (Lipinski definition) is 6. The molecule has 2 atom stereocenters. The summed E-state index contributed by atoms with van der Waals surface area (Å²) in [5.41, 5.74) is 2.28. The first kappa shape index (κ1) is 21.3. The summed E-state index contributed by atoms with van der Waals surface area (Å²) in [4.78, 5) is 42.9. The van der Waals surface area contributed by atoms with E-state index in [1.807, 2.05) is 16.7 Å². The molecule has 2 aromatic heterocycles. The molecule has 9 nitrogen and oxygen atoms in total. The van der Waals surface area contributed by atoms with Crippen molar-refractivity contribution in [1.82, 2.24) is 14.5 Å². The Kier molecular flexibility index (Phi) is 5.41. The number of aromatic nitrogens is 2. The van der Waals surface area contributed by atoms with Crippen LogP contribution < -0.4 is 15.6 Å². The highest BCUT2D eigenvalue weighted by Crippen LogP contribution is 2.37. The first-order valence-electron chi connectivity index (χ1n) is 11.0. The van der Waals surface area contributed by atoms with Crippen molar-refractivity contribution in [1.29, 1.82) is 0 Å². The predicted octanol–water partition coefficient (Wildman–Crippen LogP) is 2.18. The van der Waals surface area contributed by atoms with Crippen LogP contribution in [0.2, 0.25) is 0 Å². The number of pyridine rings is 1.